The van der Waals surface area contributed by atoms with Gasteiger partial charge in [-0.1, -0.05) is 13.8 Å². The number of nitrogens with zero attached hydrogens (tertiary/aromatic N) is 1. The number of hydrogen-bond donors (Lipinski definition) is 0. The van der Waals surface area contributed by atoms with Crippen LogP contribution in [-0.4, -0.2) is 0 Å². The van der Waals surface area contributed by atoms with E-state index in [0.29, 0.717) is 12.3 Å². The molecule has 1 aromatic heterocycles. The van der Waals surface area contributed by atoms with Crippen molar-refractivity contribution in [3.8, 4) is 6.07 Å². The molecule has 64 valence electrons. The van der Waals surface area contributed by atoms with Crippen molar-refractivity contribution in [3.63, 3.8) is 0 Å². The average molecular weight is 163 g/mol. The van der Waals surface area contributed by atoms with E-state index in [1.807, 2.05) is 12.1 Å². The molecule has 0 aliphatic rings. The van der Waals surface area contributed by atoms with Crippen LogP contribution in [0.5, 0.6) is 0 Å². The van der Waals surface area contributed by atoms with Gasteiger partial charge in [0.15, 0.2) is 0 Å². The molecule has 2 nitrogen and oxygen atoms in total. The van der Waals surface area contributed by atoms with Crippen LogP contribution in [0.25, 0.3) is 0 Å². The lowest BCUT2D eigenvalue weighted by Gasteiger charge is -1.98. The van der Waals surface area contributed by atoms with Crippen molar-refractivity contribution in [2.45, 2.75) is 26.7 Å². The summed E-state index contributed by atoms with van der Waals surface area (Å²) in [6.07, 6.45) is 1.32. The van der Waals surface area contributed by atoms with E-state index >= 15 is 0 Å². The molecule has 0 saturated heterocycles. The van der Waals surface area contributed by atoms with E-state index in [1.54, 1.807) is 0 Å². The van der Waals surface area contributed by atoms with E-state index in [4.69, 9.17) is 9.68 Å². The third kappa shape index (κ3) is 2.43. The zero-order valence-corrected chi connectivity index (χ0v) is 7.50. The molecule has 0 fully saturated rings. The summed E-state index contributed by atoms with van der Waals surface area (Å²) in [5, 5.41) is 8.40. The Morgan fingerprint density at radius 2 is 2.08 bits per heavy atom. The zero-order chi connectivity index (χ0) is 8.97. The van der Waals surface area contributed by atoms with Crippen LogP contribution in [0.3, 0.4) is 0 Å². The largest absolute Gasteiger partial charge is 0.465 e. The summed E-state index contributed by atoms with van der Waals surface area (Å²) >= 11 is 0. The van der Waals surface area contributed by atoms with Crippen molar-refractivity contribution in [3.05, 3.63) is 23.7 Å². The fourth-order valence-electron chi connectivity index (χ4n) is 1.11. The third-order valence-electron chi connectivity index (χ3n) is 1.58. The molecule has 0 aromatic carbocycles. The highest BCUT2D eigenvalue weighted by molar-refractivity contribution is 5.10. The molecule has 1 heterocycles. The lowest BCUT2D eigenvalue weighted by molar-refractivity contribution is 0.447. The molecular weight excluding hydrogens is 150 g/mol. The Balaban J connectivity index is 2.59. The standard InChI is InChI=1S/C10H13NO/c1-8(2)7-10-4-3-9(12-10)5-6-11/h3-4,8H,5,7H2,1-2H3. The fourth-order valence-corrected chi connectivity index (χ4v) is 1.11. The fraction of sp³-hybridized carbons (Fsp3) is 0.500. The Hall–Kier alpha value is -1.23. The van der Waals surface area contributed by atoms with Crippen molar-refractivity contribution in [2.75, 3.05) is 0 Å². The predicted molar refractivity (Wildman–Crippen MR) is 46.6 cm³/mol. The summed E-state index contributed by atoms with van der Waals surface area (Å²) in [6, 6.07) is 5.88. The van der Waals surface area contributed by atoms with Gasteiger partial charge in [0.2, 0.25) is 0 Å². The second-order valence-electron chi connectivity index (χ2n) is 3.30. The molecule has 0 aliphatic carbocycles. The first kappa shape index (κ1) is 8.86. The molecule has 1 rings (SSSR count). The minimum atomic E-state index is 0.373. The maximum Gasteiger partial charge on any atom is 0.118 e. The van der Waals surface area contributed by atoms with Crippen LogP contribution in [0.15, 0.2) is 16.5 Å². The molecule has 0 spiro atoms. The second-order valence-corrected chi connectivity index (χ2v) is 3.30. The van der Waals surface area contributed by atoms with Crippen LogP contribution in [0.1, 0.15) is 25.4 Å². The molecule has 0 radical (unpaired) electrons. The molecule has 0 unspecified atom stereocenters. The van der Waals surface area contributed by atoms with Gasteiger partial charge in [-0.3, -0.25) is 0 Å². The Bertz CT molecular complexity index is 280. The maximum absolute atomic E-state index is 8.40. The summed E-state index contributed by atoms with van der Waals surface area (Å²) in [5.74, 6) is 2.36. The van der Waals surface area contributed by atoms with Gasteiger partial charge < -0.3 is 4.42 Å². The predicted octanol–water partition coefficient (Wildman–Crippen LogP) is 2.54. The molecule has 12 heavy (non-hydrogen) atoms. The third-order valence-corrected chi connectivity index (χ3v) is 1.58. The highest BCUT2D eigenvalue weighted by Gasteiger charge is 2.03. The van der Waals surface area contributed by atoms with E-state index in [2.05, 4.69) is 19.9 Å². The molecule has 0 saturated carbocycles. The highest BCUT2D eigenvalue weighted by atomic mass is 16.3. The summed E-state index contributed by atoms with van der Waals surface area (Å²) in [6.45, 7) is 4.29. The van der Waals surface area contributed by atoms with Crippen LogP contribution < -0.4 is 0 Å². The number of rotatable bonds is 3. The molecule has 0 aliphatic heterocycles. The van der Waals surface area contributed by atoms with Gasteiger partial charge in [0.1, 0.15) is 11.5 Å². The summed E-state index contributed by atoms with van der Waals surface area (Å²) in [7, 11) is 0. The first-order chi connectivity index (χ1) is 5.72. The van der Waals surface area contributed by atoms with Crippen LogP contribution in [-0.2, 0) is 12.8 Å². The van der Waals surface area contributed by atoms with Gasteiger partial charge in [-0.15, -0.1) is 0 Å². The van der Waals surface area contributed by atoms with Gasteiger partial charge in [-0.05, 0) is 18.1 Å². The van der Waals surface area contributed by atoms with E-state index in [9.17, 15) is 0 Å². The van der Waals surface area contributed by atoms with Gasteiger partial charge in [0.25, 0.3) is 0 Å². The minimum Gasteiger partial charge on any atom is -0.465 e. The lowest BCUT2D eigenvalue weighted by atomic mass is 10.1. The van der Waals surface area contributed by atoms with Crippen LogP contribution >= 0.6 is 0 Å². The zero-order valence-electron chi connectivity index (χ0n) is 7.50. The molecule has 0 bridgehead atoms. The Labute approximate surface area is 72.8 Å². The van der Waals surface area contributed by atoms with Crippen LogP contribution in [0.2, 0.25) is 0 Å². The molecule has 0 atom stereocenters. The number of nitriles is 1. The Kier molecular flexibility index (Phi) is 2.93. The van der Waals surface area contributed by atoms with E-state index in [0.717, 1.165) is 17.9 Å². The van der Waals surface area contributed by atoms with Crippen molar-refractivity contribution in [1.82, 2.24) is 0 Å². The van der Waals surface area contributed by atoms with Crippen molar-refractivity contribution in [1.29, 1.82) is 5.26 Å². The summed E-state index contributed by atoms with van der Waals surface area (Å²) in [5.41, 5.74) is 0. The summed E-state index contributed by atoms with van der Waals surface area (Å²) in [4.78, 5) is 0. The van der Waals surface area contributed by atoms with Crippen molar-refractivity contribution >= 4 is 0 Å². The molecule has 1 aromatic rings. The first-order valence-corrected chi connectivity index (χ1v) is 4.17. The van der Waals surface area contributed by atoms with Crippen LogP contribution in [0.4, 0.5) is 0 Å². The van der Waals surface area contributed by atoms with Gasteiger partial charge in [-0.25, -0.2) is 0 Å². The van der Waals surface area contributed by atoms with Gasteiger partial charge in [0.05, 0.1) is 12.5 Å². The van der Waals surface area contributed by atoms with Gasteiger partial charge in [-0.2, -0.15) is 5.26 Å². The van der Waals surface area contributed by atoms with E-state index in [-0.39, 0.29) is 0 Å². The Morgan fingerprint density at radius 1 is 1.42 bits per heavy atom. The number of hydrogen-bond acceptors (Lipinski definition) is 2. The molecular formula is C10H13NO. The monoisotopic (exact) mass is 163 g/mol. The summed E-state index contributed by atoms with van der Waals surface area (Å²) < 4.78 is 5.41. The Morgan fingerprint density at radius 3 is 2.67 bits per heavy atom. The average Bonchev–Trinajstić information content (AvgIpc) is 2.36. The molecule has 0 N–H and O–H groups in total. The second kappa shape index (κ2) is 3.96. The van der Waals surface area contributed by atoms with E-state index in [1.165, 1.54) is 0 Å². The van der Waals surface area contributed by atoms with Crippen LogP contribution in [0, 0.1) is 17.2 Å². The van der Waals surface area contributed by atoms with E-state index < -0.39 is 0 Å². The van der Waals surface area contributed by atoms with Crippen molar-refractivity contribution in [2.24, 2.45) is 5.92 Å². The molecule has 0 amide bonds. The van der Waals surface area contributed by atoms with Crippen molar-refractivity contribution < 1.29 is 4.42 Å². The maximum atomic E-state index is 8.40. The highest BCUT2D eigenvalue weighted by Crippen LogP contribution is 2.12. The first-order valence-electron chi connectivity index (χ1n) is 4.17. The normalized spacial score (nSPS) is 10.2. The minimum absolute atomic E-state index is 0.373. The van der Waals surface area contributed by atoms with Gasteiger partial charge in [0, 0.05) is 6.42 Å². The topological polar surface area (TPSA) is 36.9 Å². The number of furan rings is 1. The quantitative estimate of drug-likeness (QED) is 0.686. The molecule has 2 heteroatoms. The SMILES string of the molecule is CC(C)Cc1ccc(CC#N)o1. The smallest absolute Gasteiger partial charge is 0.118 e. The lowest BCUT2D eigenvalue weighted by Crippen LogP contribution is -1.90. The van der Waals surface area contributed by atoms with Gasteiger partial charge >= 0.3 is 0 Å².